The SMILES string of the molecule is C.C.C.C.C.C.C.C.COc1c(C)c(Br)c(C)c(F)c1CC1CCC(CC2CC[CH-]CC2)CC1.COc1c(C)c(Br)c(C)c(OC)c1CC1CCC(CC2CC[CH-]CC2)CC1.COc1c(C)c(Br)c(C)c(OC)c1CC1CCC(CC2CC[CH-]CC2)CC1.Cc1c(F)c(CC2CCC(CC3CC[CH-]CC3)CC2)c(F)c(C)c1Br.[Y].[Y].[Y].[Y]. The zero-order valence-corrected chi connectivity index (χ0v) is 87.2. The first-order chi connectivity index (χ1) is 50.6. The third-order valence-electron chi connectivity index (χ3n) is 27.2. The number of hydrogen-bond donors (Lipinski definition) is 0. The molecule has 0 unspecified atom stereocenters. The molecule has 0 amide bonds. The number of rotatable bonds is 21. The molecule has 8 saturated carbocycles. The molecule has 4 aromatic carbocycles. The number of hydrogen-bond acceptors (Lipinski definition) is 5. The third kappa shape index (κ3) is 35.3. The van der Waals surface area contributed by atoms with Crippen LogP contribution in [-0.4, -0.2) is 35.5 Å². The van der Waals surface area contributed by atoms with E-state index < -0.39 is 0 Å². The van der Waals surface area contributed by atoms with Crippen molar-refractivity contribution in [2.45, 2.75) is 372 Å². The largest absolute Gasteiger partial charge is 0.496 e. The van der Waals surface area contributed by atoms with Gasteiger partial charge in [-0.15, -0.1) is 0 Å². The summed E-state index contributed by atoms with van der Waals surface area (Å²) in [6.45, 7) is 15.9. The van der Waals surface area contributed by atoms with Crippen molar-refractivity contribution in [3.63, 3.8) is 0 Å². The normalized spacial score (nSPS) is 22.0. The van der Waals surface area contributed by atoms with E-state index in [1.54, 1.807) is 49.4 Å². The Morgan fingerprint density at radius 2 is 0.376 bits per heavy atom. The van der Waals surface area contributed by atoms with Crippen LogP contribution in [0.4, 0.5) is 13.2 Å². The van der Waals surface area contributed by atoms with Crippen LogP contribution in [0, 0.1) is 170 Å². The summed E-state index contributed by atoms with van der Waals surface area (Å²) >= 11 is 14.3. The standard InChI is InChI=1S/2C24H36BrO2.C23H33BrFO.C22H30BrF2.8CH4.4Y/c2*1-16-22(25)17(2)24(27-4)21(23(16)26-3)15-20-12-10-19(11-13-20)14-18-8-6-5-7-9-18;1-15-21(24)16(2)23(26-3)20(22(15)25)14-19-11-9-18(10-12-19)13-17-7-5-4-6-8-17;1-14-20(23)15(2)22(25)19(21(14)24)13-18-10-8-17(9-11-18)12-16-6-4-3-5-7-16;;;;;;;;;;;;/h2*5,18-20H,6-15H2,1-4H3;4,17-19H,5-14H2,1-3H3;3,16-18H,4-13H2,1-2H3;8*1H4;;;;/q4*-1;;;;;;;;;;;;. The molecule has 4 aromatic rings. The average molecular weight is 2190 g/mol. The summed E-state index contributed by atoms with van der Waals surface area (Å²) in [4.78, 5) is 0. The summed E-state index contributed by atoms with van der Waals surface area (Å²) in [6, 6.07) is 0. The molecule has 8 aliphatic rings. The van der Waals surface area contributed by atoms with Gasteiger partial charge in [-0.1, -0.05) is 194 Å². The smallest absolute Gasteiger partial charge is 0.134 e. The second-order valence-electron chi connectivity index (χ2n) is 34.3. The van der Waals surface area contributed by atoms with Crippen LogP contribution in [-0.2, 0) is 157 Å². The molecule has 0 atom stereocenters. The molecule has 0 bridgehead atoms. The fourth-order valence-electron chi connectivity index (χ4n) is 20.9. The van der Waals surface area contributed by atoms with E-state index >= 15 is 0 Å². The Morgan fingerprint density at radius 1 is 0.231 bits per heavy atom. The molecule has 0 aliphatic heterocycles. The Labute approximate surface area is 855 Å². The second-order valence-corrected chi connectivity index (χ2v) is 37.5. The molecule has 0 aromatic heterocycles. The van der Waals surface area contributed by atoms with Gasteiger partial charge in [-0.25, -0.2) is 13.2 Å². The Kier molecular flexibility index (Phi) is 68.4. The first-order valence-electron chi connectivity index (χ1n) is 41.8. The number of benzene rings is 4. The maximum absolute atomic E-state index is 14.9. The molecule has 16 heteroatoms. The van der Waals surface area contributed by atoms with Crippen molar-refractivity contribution in [1.82, 2.24) is 0 Å². The van der Waals surface area contributed by atoms with Crippen molar-refractivity contribution in [2.24, 2.45) is 71.0 Å². The predicted octanol–water partition coefficient (Wildman–Crippen LogP) is 34.3. The van der Waals surface area contributed by atoms with E-state index in [9.17, 15) is 13.2 Å². The Balaban J connectivity index is -0.000000704. The van der Waals surface area contributed by atoms with E-state index in [0.717, 1.165) is 145 Å². The van der Waals surface area contributed by atoms with E-state index in [1.165, 1.54) is 252 Å². The van der Waals surface area contributed by atoms with Gasteiger partial charge in [0.05, 0.1) is 35.5 Å². The van der Waals surface area contributed by atoms with Crippen molar-refractivity contribution < 1.29 is 168 Å². The maximum Gasteiger partial charge on any atom is 0.134 e. The molecule has 8 aliphatic carbocycles. The van der Waals surface area contributed by atoms with Gasteiger partial charge >= 0.3 is 0 Å². The van der Waals surface area contributed by atoms with Gasteiger partial charge in [-0.05, 0) is 278 Å². The fraction of sp³-hybridized carbons (Fsp3) is 0.723. The number of methoxy groups -OCH3 is 5. The fourth-order valence-corrected chi connectivity index (χ4v) is 22.3. The minimum atomic E-state index is -0.351. The Bertz CT molecular complexity index is 3170. The summed E-state index contributed by atoms with van der Waals surface area (Å²) < 4.78 is 76.5. The molecule has 0 spiro atoms. The predicted molar refractivity (Wildman–Crippen MR) is 501 cm³/mol. The molecule has 666 valence electrons. The molecular weight excluding hydrogens is 2030 g/mol. The first kappa shape index (κ1) is 125. The Morgan fingerprint density at radius 3 is 0.581 bits per heavy atom. The van der Waals surface area contributed by atoms with Crippen molar-refractivity contribution >= 4 is 63.7 Å². The number of halogens is 7. The Hall–Kier alpha value is 2.01. The van der Waals surface area contributed by atoms with Crippen molar-refractivity contribution in [3.05, 3.63) is 128 Å². The first-order valence-corrected chi connectivity index (χ1v) is 44.9. The maximum atomic E-state index is 14.9. The van der Waals surface area contributed by atoms with Crippen LogP contribution >= 0.6 is 63.7 Å². The van der Waals surface area contributed by atoms with Gasteiger partial charge in [-0.2, -0.15) is 51.4 Å². The molecule has 5 nitrogen and oxygen atoms in total. The third-order valence-corrected chi connectivity index (χ3v) is 32.0. The topological polar surface area (TPSA) is 46.2 Å². The van der Waals surface area contributed by atoms with E-state index in [1.807, 2.05) is 13.8 Å². The van der Waals surface area contributed by atoms with E-state index in [0.29, 0.717) is 45.0 Å². The molecule has 0 heterocycles. The van der Waals surface area contributed by atoms with E-state index in [2.05, 4.69) is 117 Å². The summed E-state index contributed by atoms with van der Waals surface area (Å²) in [7, 11) is 8.79. The summed E-state index contributed by atoms with van der Waals surface area (Å²) in [5, 5.41) is 0. The minimum Gasteiger partial charge on any atom is -0.496 e. The second kappa shape index (κ2) is 63.9. The van der Waals surface area contributed by atoms with Crippen LogP contribution in [0.5, 0.6) is 28.7 Å². The summed E-state index contributed by atoms with van der Waals surface area (Å²) in [5.41, 5.74) is 11.2. The van der Waals surface area contributed by atoms with E-state index in [-0.39, 0.29) is 208 Å². The van der Waals surface area contributed by atoms with Gasteiger partial charge < -0.3 is 49.4 Å². The minimum absolute atomic E-state index is 0. The van der Waals surface area contributed by atoms with Gasteiger partial charge in [0.15, 0.2) is 0 Å². The van der Waals surface area contributed by atoms with Crippen LogP contribution in [0.2, 0.25) is 0 Å². The van der Waals surface area contributed by atoms with Gasteiger partial charge in [0.25, 0.3) is 0 Å². The van der Waals surface area contributed by atoms with Crippen LogP contribution in [0.25, 0.3) is 0 Å². The number of ether oxygens (including phenoxy) is 5. The van der Waals surface area contributed by atoms with Crippen LogP contribution in [0.3, 0.4) is 0 Å². The summed E-state index contributed by atoms with van der Waals surface area (Å²) in [6.07, 6.45) is 61.9. The van der Waals surface area contributed by atoms with Crippen LogP contribution in [0.15, 0.2) is 17.9 Å². The van der Waals surface area contributed by atoms with Crippen LogP contribution < -0.4 is 23.7 Å². The van der Waals surface area contributed by atoms with Gasteiger partial charge in [0.2, 0.25) is 0 Å². The molecule has 8 fully saturated rings. The monoisotopic (exact) mass is 2190 g/mol. The van der Waals surface area contributed by atoms with Gasteiger partial charge in [-0.3, -0.25) is 0 Å². The quantitative estimate of drug-likeness (QED) is 0.0778. The van der Waals surface area contributed by atoms with Crippen molar-refractivity contribution in [3.8, 4) is 28.7 Å². The average Bonchev–Trinajstić information content (AvgIpc) is 0.791. The van der Waals surface area contributed by atoms with Crippen molar-refractivity contribution in [2.75, 3.05) is 35.5 Å². The van der Waals surface area contributed by atoms with Crippen LogP contribution in [0.1, 0.15) is 357 Å². The molecule has 0 N–H and O–H groups in total. The molecule has 12 rings (SSSR count). The zero-order valence-electron chi connectivity index (χ0n) is 69.5. The molecule has 4 radical (unpaired) electrons. The summed E-state index contributed by atoms with van der Waals surface area (Å²) in [5.74, 6) is 14.0. The molecular formula is C101H167Br4F3O5Y4-4. The molecule has 117 heavy (non-hydrogen) atoms. The van der Waals surface area contributed by atoms with E-state index in [4.69, 9.17) is 23.7 Å². The molecule has 0 saturated heterocycles. The van der Waals surface area contributed by atoms with Gasteiger partial charge in [0.1, 0.15) is 46.2 Å². The van der Waals surface area contributed by atoms with Crippen molar-refractivity contribution in [1.29, 1.82) is 0 Å². The zero-order chi connectivity index (χ0) is 75.4. The van der Waals surface area contributed by atoms with Gasteiger partial charge in [0, 0.05) is 199 Å².